The zero-order chi connectivity index (χ0) is 25.6. The number of benzene rings is 1. The van der Waals surface area contributed by atoms with Crippen LogP contribution in [0.3, 0.4) is 0 Å². The number of hydrogen-bond donors (Lipinski definition) is 1. The van der Waals surface area contributed by atoms with Gasteiger partial charge in [0.15, 0.2) is 5.69 Å². The fraction of sp³-hybridized carbons (Fsp3) is 0.692. The van der Waals surface area contributed by atoms with Crippen molar-refractivity contribution in [3.05, 3.63) is 30.0 Å². The molecule has 3 fully saturated rings. The number of fused-ring (bicyclic) bond motifs is 3. The summed E-state index contributed by atoms with van der Waals surface area (Å²) in [5.74, 6) is -0.0696. The van der Waals surface area contributed by atoms with E-state index in [9.17, 15) is 13.2 Å². The second-order valence-corrected chi connectivity index (χ2v) is 13.2. The van der Waals surface area contributed by atoms with Crippen molar-refractivity contribution in [2.75, 3.05) is 39.5 Å². The Morgan fingerprint density at radius 1 is 1.17 bits per heavy atom. The number of nitrogens with zero attached hydrogens (tertiary/aromatic N) is 5. The first-order valence-electron chi connectivity index (χ1n) is 13.3. The van der Waals surface area contributed by atoms with Gasteiger partial charge in [0.1, 0.15) is 0 Å². The molecule has 0 aliphatic carbocycles. The Morgan fingerprint density at radius 2 is 1.86 bits per heavy atom. The predicted octanol–water partition coefficient (Wildman–Crippen LogP) is 2.31. The first-order chi connectivity index (χ1) is 17.1. The van der Waals surface area contributed by atoms with E-state index in [1.54, 1.807) is 4.31 Å². The number of carbonyl (C=O) groups excluding carboxylic acids is 1. The monoisotopic (exact) mass is 516 g/mol. The van der Waals surface area contributed by atoms with Gasteiger partial charge in [0.05, 0.1) is 11.8 Å². The van der Waals surface area contributed by atoms with Crippen LogP contribution in [0.5, 0.6) is 0 Å². The van der Waals surface area contributed by atoms with E-state index in [1.165, 1.54) is 19.1 Å². The third-order valence-electron chi connectivity index (χ3n) is 8.47. The van der Waals surface area contributed by atoms with Gasteiger partial charge < -0.3 is 10.2 Å². The van der Waals surface area contributed by atoms with Gasteiger partial charge in [-0.25, -0.2) is 12.7 Å². The normalized spacial score (nSPS) is 27.5. The molecule has 198 valence electrons. The van der Waals surface area contributed by atoms with Crippen molar-refractivity contribution < 1.29 is 13.2 Å². The molecular formula is C26H40N6O3S. The molecule has 1 N–H and O–H groups in total. The first-order valence-corrected chi connectivity index (χ1v) is 15.2. The van der Waals surface area contributed by atoms with Crippen LogP contribution in [0.25, 0.3) is 10.9 Å². The van der Waals surface area contributed by atoms with Crippen LogP contribution in [-0.4, -0.2) is 102 Å². The van der Waals surface area contributed by atoms with Crippen LogP contribution in [0.15, 0.2) is 24.3 Å². The summed E-state index contributed by atoms with van der Waals surface area (Å²) in [4.78, 5) is 18.2. The number of carbonyl (C=O) groups is 1. The summed E-state index contributed by atoms with van der Waals surface area (Å²) >= 11 is 0. The largest absolute Gasteiger partial charge is 0.348 e. The highest BCUT2D eigenvalue weighted by Crippen LogP contribution is 2.36. The minimum Gasteiger partial charge on any atom is -0.348 e. The molecule has 2 bridgehead atoms. The Kier molecular flexibility index (Phi) is 7.15. The average molecular weight is 517 g/mol. The van der Waals surface area contributed by atoms with Crippen molar-refractivity contribution in [1.82, 2.24) is 29.2 Å². The molecular weight excluding hydrogens is 476 g/mol. The smallest absolute Gasteiger partial charge is 0.272 e. The number of aromatic nitrogens is 2. The van der Waals surface area contributed by atoms with Gasteiger partial charge in [-0.05, 0) is 59.1 Å². The van der Waals surface area contributed by atoms with E-state index in [0.29, 0.717) is 30.9 Å². The molecule has 5 rings (SSSR count). The van der Waals surface area contributed by atoms with Gasteiger partial charge >= 0.3 is 0 Å². The zero-order valence-corrected chi connectivity index (χ0v) is 22.7. The summed E-state index contributed by atoms with van der Waals surface area (Å²) in [5.41, 5.74) is 1.52. The number of amides is 1. The van der Waals surface area contributed by atoms with E-state index in [4.69, 9.17) is 0 Å². The number of hydrogen-bond acceptors (Lipinski definition) is 6. The summed E-state index contributed by atoms with van der Waals surface area (Å²) in [5, 5.41) is 8.90. The van der Waals surface area contributed by atoms with Gasteiger partial charge in [0.25, 0.3) is 5.91 Å². The fourth-order valence-electron chi connectivity index (χ4n) is 6.49. The molecule has 2 unspecified atom stereocenters. The molecule has 9 nitrogen and oxygen atoms in total. The lowest BCUT2D eigenvalue weighted by molar-refractivity contribution is 0.0801. The van der Waals surface area contributed by atoms with E-state index in [-0.39, 0.29) is 24.0 Å². The molecule has 3 aliphatic rings. The Hall–Kier alpha value is -2.01. The summed E-state index contributed by atoms with van der Waals surface area (Å²) in [6.07, 6.45) is 6.49. The molecule has 1 amide bonds. The van der Waals surface area contributed by atoms with Crippen molar-refractivity contribution in [2.24, 2.45) is 0 Å². The predicted molar refractivity (Wildman–Crippen MR) is 142 cm³/mol. The van der Waals surface area contributed by atoms with Crippen LogP contribution in [0.1, 0.15) is 62.5 Å². The van der Waals surface area contributed by atoms with Crippen molar-refractivity contribution >= 4 is 26.8 Å². The first kappa shape index (κ1) is 25.6. The topological polar surface area (TPSA) is 90.8 Å². The van der Waals surface area contributed by atoms with E-state index >= 15 is 0 Å². The third kappa shape index (κ3) is 5.05. The van der Waals surface area contributed by atoms with Crippen LogP contribution in [0.2, 0.25) is 0 Å². The van der Waals surface area contributed by atoms with Gasteiger partial charge in [-0.15, -0.1) is 0 Å². The fourth-order valence-corrected chi connectivity index (χ4v) is 7.37. The Labute approximate surface area is 214 Å². The molecule has 10 heteroatoms. The van der Waals surface area contributed by atoms with E-state index in [0.717, 1.165) is 43.3 Å². The van der Waals surface area contributed by atoms with Gasteiger partial charge in [-0.1, -0.05) is 18.2 Å². The number of likely N-dealkylation sites (N-methyl/N-ethyl adjacent to an activating group) is 1. The quantitative estimate of drug-likeness (QED) is 0.579. The Morgan fingerprint density at radius 3 is 2.50 bits per heavy atom. The lowest BCUT2D eigenvalue weighted by Crippen LogP contribution is -2.52. The van der Waals surface area contributed by atoms with Crippen LogP contribution >= 0.6 is 0 Å². The standard InChI is InChI=1S/C26H40N6O3S/c1-18(2)32-24-8-6-5-7-23(24)25(28-32)26(33)27-19-15-20-9-10-21(16-19)31(20)14-13-29(3)22-11-12-30(17-22)36(4,34)35/h5-8,18-22H,9-17H2,1-4H3,(H,27,33)/t19?,20-,21+,22?. The second kappa shape index (κ2) is 10.0. The molecule has 36 heavy (non-hydrogen) atoms. The van der Waals surface area contributed by atoms with Crippen LogP contribution in [-0.2, 0) is 10.0 Å². The highest BCUT2D eigenvalue weighted by molar-refractivity contribution is 7.88. The molecule has 0 saturated carbocycles. The number of rotatable bonds is 8. The second-order valence-electron chi connectivity index (χ2n) is 11.2. The lowest BCUT2D eigenvalue weighted by atomic mass is 9.97. The van der Waals surface area contributed by atoms with Crippen LogP contribution in [0.4, 0.5) is 0 Å². The van der Waals surface area contributed by atoms with Crippen LogP contribution in [0, 0.1) is 0 Å². The minimum absolute atomic E-state index is 0.0696. The number of nitrogens with one attached hydrogen (secondary N) is 1. The number of piperidine rings is 1. The van der Waals surface area contributed by atoms with E-state index in [1.807, 2.05) is 28.9 Å². The maximum Gasteiger partial charge on any atom is 0.272 e. The highest BCUT2D eigenvalue weighted by atomic mass is 32.2. The molecule has 1 aromatic carbocycles. The maximum atomic E-state index is 13.3. The molecule has 3 aliphatic heterocycles. The third-order valence-corrected chi connectivity index (χ3v) is 9.74. The lowest BCUT2D eigenvalue weighted by Gasteiger charge is -2.40. The number of para-hydroxylation sites is 1. The number of sulfonamides is 1. The Balaban J connectivity index is 1.17. The van der Waals surface area contributed by atoms with Crippen LogP contribution < -0.4 is 5.32 Å². The SMILES string of the molecule is CC(C)n1nc(C(=O)NC2C[C@H]3CC[C@@H](C2)N3CCN(C)C2CCN(S(C)(=O)=O)C2)c2ccccc21. The Bertz CT molecular complexity index is 1200. The van der Waals surface area contributed by atoms with Gasteiger partial charge in [0.2, 0.25) is 10.0 Å². The molecule has 0 radical (unpaired) electrons. The maximum absolute atomic E-state index is 13.3. The average Bonchev–Trinajstić information content (AvgIpc) is 3.52. The van der Waals surface area contributed by atoms with Gasteiger partial charge in [0, 0.05) is 61.8 Å². The van der Waals surface area contributed by atoms with Crippen molar-refractivity contribution in [1.29, 1.82) is 0 Å². The highest BCUT2D eigenvalue weighted by Gasteiger charge is 2.41. The molecule has 3 saturated heterocycles. The summed E-state index contributed by atoms with van der Waals surface area (Å²) in [6, 6.07) is 9.59. The molecule has 0 spiro atoms. The molecule has 2 aromatic rings. The van der Waals surface area contributed by atoms with Gasteiger partial charge in [-0.3, -0.25) is 14.4 Å². The molecule has 1 aromatic heterocycles. The minimum atomic E-state index is -3.11. The summed E-state index contributed by atoms with van der Waals surface area (Å²) in [7, 11) is -0.991. The van der Waals surface area contributed by atoms with Crippen molar-refractivity contribution in [3.8, 4) is 0 Å². The molecule has 4 atom stereocenters. The zero-order valence-electron chi connectivity index (χ0n) is 21.9. The van der Waals surface area contributed by atoms with E-state index in [2.05, 4.69) is 41.1 Å². The summed E-state index contributed by atoms with van der Waals surface area (Å²) in [6.45, 7) is 7.31. The van der Waals surface area contributed by atoms with E-state index < -0.39 is 10.0 Å². The molecule has 4 heterocycles. The van der Waals surface area contributed by atoms with Gasteiger partial charge in [-0.2, -0.15) is 5.10 Å². The van der Waals surface area contributed by atoms with Crippen molar-refractivity contribution in [3.63, 3.8) is 0 Å². The van der Waals surface area contributed by atoms with Crippen molar-refractivity contribution in [2.45, 2.75) is 76.2 Å². The summed E-state index contributed by atoms with van der Waals surface area (Å²) < 4.78 is 27.3.